The zero-order valence-corrected chi connectivity index (χ0v) is 8.61. The summed E-state index contributed by atoms with van der Waals surface area (Å²) in [6.07, 6.45) is -4.96. The van der Waals surface area contributed by atoms with Gasteiger partial charge >= 0.3 is 18.1 Å². The first-order chi connectivity index (χ1) is 7.71. The topological polar surface area (TPSA) is 70.8 Å². The summed E-state index contributed by atoms with van der Waals surface area (Å²) in [5, 5.41) is 8.52. The number of alkyl halides is 3. The molecule has 0 aliphatic heterocycles. The molecule has 0 saturated carbocycles. The maximum Gasteiger partial charge on any atom is 0.471 e. The summed E-state index contributed by atoms with van der Waals surface area (Å²) in [5.41, 5.74) is 0. The molecule has 0 aromatic carbocycles. The molecule has 8 heteroatoms. The van der Waals surface area contributed by atoms with Crippen molar-refractivity contribution in [2.24, 2.45) is 0 Å². The monoisotopic (exact) mass is 251 g/mol. The molecule has 0 saturated heterocycles. The number of rotatable bonds is 3. The molecule has 0 spiro atoms. The van der Waals surface area contributed by atoms with Gasteiger partial charge in [0, 0.05) is 7.05 Å². The van der Waals surface area contributed by atoms with Crippen LogP contribution in [0.15, 0.2) is 16.5 Å². The van der Waals surface area contributed by atoms with E-state index in [1.54, 1.807) is 0 Å². The van der Waals surface area contributed by atoms with Gasteiger partial charge in [0.05, 0.1) is 6.54 Å². The molecule has 0 atom stereocenters. The van der Waals surface area contributed by atoms with Gasteiger partial charge in [0.15, 0.2) is 0 Å². The Bertz CT molecular complexity index is 438. The third kappa shape index (κ3) is 3.23. The summed E-state index contributed by atoms with van der Waals surface area (Å²) in [5.74, 6) is -3.79. The van der Waals surface area contributed by atoms with Gasteiger partial charge in [0.1, 0.15) is 5.76 Å². The van der Waals surface area contributed by atoms with E-state index in [2.05, 4.69) is 0 Å². The van der Waals surface area contributed by atoms with Gasteiger partial charge < -0.3 is 14.4 Å². The lowest BCUT2D eigenvalue weighted by Crippen LogP contribution is -2.37. The molecular weight excluding hydrogens is 243 g/mol. The fraction of sp³-hybridized carbons (Fsp3) is 0.333. The van der Waals surface area contributed by atoms with Crippen molar-refractivity contribution in [3.8, 4) is 0 Å². The Balaban J connectivity index is 2.71. The predicted octanol–water partition coefficient (Wildman–Crippen LogP) is 1.50. The molecule has 1 N–H and O–H groups in total. The zero-order valence-electron chi connectivity index (χ0n) is 8.61. The molecule has 17 heavy (non-hydrogen) atoms. The highest BCUT2D eigenvalue weighted by molar-refractivity contribution is 5.84. The maximum absolute atomic E-state index is 12.0. The number of aromatic carboxylic acids is 1. The first kappa shape index (κ1) is 13.1. The molecule has 0 radical (unpaired) electrons. The van der Waals surface area contributed by atoms with Crippen LogP contribution in [0.1, 0.15) is 16.3 Å². The fourth-order valence-electron chi connectivity index (χ4n) is 1.10. The van der Waals surface area contributed by atoms with E-state index >= 15 is 0 Å². The number of hydrogen-bond acceptors (Lipinski definition) is 3. The molecule has 0 bridgehead atoms. The minimum atomic E-state index is -4.96. The van der Waals surface area contributed by atoms with E-state index in [4.69, 9.17) is 9.52 Å². The summed E-state index contributed by atoms with van der Waals surface area (Å²) in [6.45, 7) is -0.453. The fourth-order valence-corrected chi connectivity index (χ4v) is 1.10. The van der Waals surface area contributed by atoms with Crippen molar-refractivity contribution in [3.63, 3.8) is 0 Å². The molecule has 1 aromatic rings. The molecule has 0 fully saturated rings. The van der Waals surface area contributed by atoms with Crippen LogP contribution in [0.5, 0.6) is 0 Å². The van der Waals surface area contributed by atoms with Gasteiger partial charge in [-0.3, -0.25) is 4.79 Å². The number of carbonyl (C=O) groups excluding carboxylic acids is 1. The summed E-state index contributed by atoms with van der Waals surface area (Å²) in [7, 11) is 0.943. The number of carboxylic acids is 1. The minimum Gasteiger partial charge on any atom is -0.475 e. The number of amides is 1. The second-order valence-corrected chi connectivity index (χ2v) is 3.23. The third-order valence-corrected chi connectivity index (χ3v) is 1.85. The normalized spacial score (nSPS) is 11.3. The van der Waals surface area contributed by atoms with Crippen LogP contribution < -0.4 is 0 Å². The SMILES string of the molecule is CN(Cc1ccc(C(=O)O)o1)C(=O)C(F)(F)F. The predicted molar refractivity (Wildman–Crippen MR) is 48.2 cm³/mol. The Labute approximate surface area is 93.4 Å². The van der Waals surface area contributed by atoms with Gasteiger partial charge in [0.25, 0.3) is 0 Å². The maximum atomic E-state index is 12.0. The Morgan fingerprint density at radius 1 is 1.41 bits per heavy atom. The van der Waals surface area contributed by atoms with Crippen molar-refractivity contribution < 1.29 is 32.3 Å². The highest BCUT2D eigenvalue weighted by Gasteiger charge is 2.41. The molecule has 1 rings (SSSR count). The summed E-state index contributed by atoms with van der Waals surface area (Å²) in [6, 6.07) is 2.30. The van der Waals surface area contributed by atoms with E-state index in [1.807, 2.05) is 0 Å². The standard InChI is InChI=1S/C9H8F3NO4/c1-13(8(16)9(10,11)12)4-5-2-3-6(17-5)7(14)15/h2-3H,4H2,1H3,(H,14,15). The van der Waals surface area contributed by atoms with E-state index < -0.39 is 30.4 Å². The minimum absolute atomic E-state index is 0.0394. The molecule has 1 amide bonds. The molecule has 0 aliphatic carbocycles. The largest absolute Gasteiger partial charge is 0.475 e. The number of furan rings is 1. The third-order valence-electron chi connectivity index (χ3n) is 1.85. The van der Waals surface area contributed by atoms with Gasteiger partial charge in [-0.25, -0.2) is 4.79 Å². The van der Waals surface area contributed by atoms with E-state index in [1.165, 1.54) is 6.07 Å². The van der Waals surface area contributed by atoms with Crippen LogP contribution in [0, 0.1) is 0 Å². The van der Waals surface area contributed by atoms with Gasteiger partial charge in [-0.1, -0.05) is 0 Å². The molecule has 1 heterocycles. The van der Waals surface area contributed by atoms with E-state index in [0.29, 0.717) is 4.90 Å². The lowest BCUT2D eigenvalue weighted by Gasteiger charge is -2.16. The first-order valence-corrected chi connectivity index (χ1v) is 4.36. The van der Waals surface area contributed by atoms with Crippen molar-refractivity contribution >= 4 is 11.9 Å². The molecule has 0 aliphatic rings. The molecule has 5 nitrogen and oxygen atoms in total. The van der Waals surface area contributed by atoms with Crippen LogP contribution >= 0.6 is 0 Å². The summed E-state index contributed by atoms with van der Waals surface area (Å²) < 4.78 is 40.8. The average Bonchev–Trinajstić information content (AvgIpc) is 2.63. The first-order valence-electron chi connectivity index (χ1n) is 4.36. The number of carbonyl (C=O) groups is 2. The van der Waals surface area contributed by atoms with Crippen LogP contribution in [0.4, 0.5) is 13.2 Å². The van der Waals surface area contributed by atoms with Crippen LogP contribution in [-0.2, 0) is 11.3 Å². The molecule has 0 unspecified atom stereocenters. The van der Waals surface area contributed by atoms with E-state index in [9.17, 15) is 22.8 Å². The van der Waals surface area contributed by atoms with E-state index in [0.717, 1.165) is 13.1 Å². The Morgan fingerprint density at radius 3 is 2.41 bits per heavy atom. The summed E-state index contributed by atoms with van der Waals surface area (Å²) in [4.78, 5) is 21.6. The quantitative estimate of drug-likeness (QED) is 0.883. The zero-order chi connectivity index (χ0) is 13.2. The summed E-state index contributed by atoms with van der Waals surface area (Å²) >= 11 is 0. The van der Waals surface area contributed by atoms with Crippen molar-refractivity contribution in [3.05, 3.63) is 23.7 Å². The van der Waals surface area contributed by atoms with Crippen LogP contribution in [0.2, 0.25) is 0 Å². The van der Waals surface area contributed by atoms with Crippen molar-refractivity contribution in [1.82, 2.24) is 4.90 Å². The van der Waals surface area contributed by atoms with Crippen LogP contribution in [0.3, 0.4) is 0 Å². The van der Waals surface area contributed by atoms with Crippen molar-refractivity contribution in [1.29, 1.82) is 0 Å². The highest BCUT2D eigenvalue weighted by Crippen LogP contribution is 2.19. The lowest BCUT2D eigenvalue weighted by molar-refractivity contribution is -0.184. The van der Waals surface area contributed by atoms with Crippen LogP contribution in [0.25, 0.3) is 0 Å². The van der Waals surface area contributed by atoms with Crippen LogP contribution in [-0.4, -0.2) is 35.1 Å². The van der Waals surface area contributed by atoms with Gasteiger partial charge in [-0.05, 0) is 12.1 Å². The number of carboxylic acid groups (broad SMARTS) is 1. The molecular formula is C9H8F3NO4. The van der Waals surface area contributed by atoms with Gasteiger partial charge in [-0.2, -0.15) is 13.2 Å². The average molecular weight is 251 g/mol. The molecule has 1 aromatic heterocycles. The van der Waals surface area contributed by atoms with Gasteiger partial charge in [0.2, 0.25) is 5.76 Å². The second-order valence-electron chi connectivity index (χ2n) is 3.23. The Kier molecular flexibility index (Phi) is 3.45. The number of hydrogen-bond donors (Lipinski definition) is 1. The van der Waals surface area contributed by atoms with E-state index in [-0.39, 0.29) is 5.76 Å². The molecule has 94 valence electrons. The number of nitrogens with zero attached hydrogens (tertiary/aromatic N) is 1. The van der Waals surface area contributed by atoms with Gasteiger partial charge in [-0.15, -0.1) is 0 Å². The van der Waals surface area contributed by atoms with Crippen molar-refractivity contribution in [2.45, 2.75) is 12.7 Å². The Morgan fingerprint density at radius 2 is 2.00 bits per heavy atom. The van der Waals surface area contributed by atoms with Crippen molar-refractivity contribution in [2.75, 3.05) is 7.05 Å². The number of halogens is 3. The lowest BCUT2D eigenvalue weighted by atomic mass is 10.4. The Hall–Kier alpha value is -1.99. The highest BCUT2D eigenvalue weighted by atomic mass is 19.4. The second kappa shape index (κ2) is 4.48. The smallest absolute Gasteiger partial charge is 0.471 e.